The molecule has 6 heteroatoms. The van der Waals surface area contributed by atoms with Crippen LogP contribution in [0, 0.1) is 5.92 Å². The number of ether oxygens (including phenoxy) is 2. The van der Waals surface area contributed by atoms with E-state index in [9.17, 15) is 9.59 Å². The summed E-state index contributed by atoms with van der Waals surface area (Å²) >= 11 is 0. The molecule has 6 nitrogen and oxygen atoms in total. The fourth-order valence-electron chi connectivity index (χ4n) is 4.16. The quantitative estimate of drug-likeness (QED) is 0.746. The number of amides is 2. The summed E-state index contributed by atoms with van der Waals surface area (Å²) in [7, 11) is 3.17. The number of hydrogen-bond donors (Lipinski definition) is 1. The van der Waals surface area contributed by atoms with E-state index in [0.717, 1.165) is 57.2 Å². The van der Waals surface area contributed by atoms with Gasteiger partial charge < -0.3 is 19.7 Å². The lowest BCUT2D eigenvalue weighted by atomic mass is 9.91. The van der Waals surface area contributed by atoms with Gasteiger partial charge in [0.15, 0.2) is 0 Å². The third-order valence-corrected chi connectivity index (χ3v) is 5.79. The van der Waals surface area contributed by atoms with E-state index in [1.807, 2.05) is 4.90 Å². The average molecular weight is 401 g/mol. The zero-order valence-corrected chi connectivity index (χ0v) is 17.5. The molecule has 3 rings (SSSR count). The van der Waals surface area contributed by atoms with Crippen molar-refractivity contribution < 1.29 is 19.1 Å². The lowest BCUT2D eigenvalue weighted by Crippen LogP contribution is -2.41. The molecule has 1 aromatic carbocycles. The van der Waals surface area contributed by atoms with Gasteiger partial charge in [-0.25, -0.2) is 0 Å². The Balaban J connectivity index is 1.49. The zero-order chi connectivity index (χ0) is 20.6. The Morgan fingerprint density at radius 2 is 1.86 bits per heavy atom. The molecule has 0 aromatic heterocycles. The summed E-state index contributed by atoms with van der Waals surface area (Å²) < 4.78 is 10.5. The number of piperidine rings is 1. The first kappa shape index (κ1) is 21.2. The highest BCUT2D eigenvalue weighted by Gasteiger charge is 2.26. The number of carbonyl (C=O) groups is 2. The highest BCUT2D eigenvalue weighted by atomic mass is 16.5. The molecule has 0 radical (unpaired) electrons. The smallest absolute Gasteiger partial charge is 0.249 e. The van der Waals surface area contributed by atoms with E-state index < -0.39 is 0 Å². The van der Waals surface area contributed by atoms with Crippen molar-refractivity contribution in [2.75, 3.05) is 32.6 Å². The second kappa shape index (κ2) is 10.3. The van der Waals surface area contributed by atoms with Crippen LogP contribution in [0.25, 0.3) is 0 Å². The van der Waals surface area contributed by atoms with Crippen LogP contribution in [0.3, 0.4) is 0 Å². The maximum absolute atomic E-state index is 12.8. The summed E-state index contributed by atoms with van der Waals surface area (Å²) in [4.78, 5) is 27.2. The lowest BCUT2D eigenvalue weighted by Gasteiger charge is -2.34. The van der Waals surface area contributed by atoms with Gasteiger partial charge in [-0.15, -0.1) is 0 Å². The third-order valence-electron chi connectivity index (χ3n) is 5.79. The summed E-state index contributed by atoms with van der Waals surface area (Å²) in [5.41, 5.74) is 1.65. The highest BCUT2D eigenvalue weighted by molar-refractivity contribution is 5.93. The van der Waals surface area contributed by atoms with Crippen molar-refractivity contribution in [2.24, 2.45) is 5.92 Å². The van der Waals surface area contributed by atoms with Crippen LogP contribution in [0.1, 0.15) is 51.4 Å². The Morgan fingerprint density at radius 1 is 1.10 bits per heavy atom. The maximum atomic E-state index is 12.8. The Morgan fingerprint density at radius 3 is 2.52 bits per heavy atom. The average Bonchev–Trinajstić information content (AvgIpc) is 2.77. The van der Waals surface area contributed by atoms with Crippen LogP contribution in [0.15, 0.2) is 29.8 Å². The number of allylic oxidation sites excluding steroid dienone is 1. The zero-order valence-electron chi connectivity index (χ0n) is 17.5. The van der Waals surface area contributed by atoms with Crippen molar-refractivity contribution in [1.29, 1.82) is 0 Å². The van der Waals surface area contributed by atoms with Crippen LogP contribution in [0.5, 0.6) is 11.5 Å². The van der Waals surface area contributed by atoms with Crippen molar-refractivity contribution in [2.45, 2.75) is 51.4 Å². The van der Waals surface area contributed by atoms with Crippen LogP contribution in [0.4, 0.5) is 5.69 Å². The molecule has 1 N–H and O–H groups in total. The first-order valence-corrected chi connectivity index (χ1v) is 10.6. The summed E-state index contributed by atoms with van der Waals surface area (Å²) in [6.07, 6.45) is 9.66. The molecule has 2 amide bonds. The van der Waals surface area contributed by atoms with E-state index in [-0.39, 0.29) is 11.8 Å². The molecule has 1 aliphatic heterocycles. The third kappa shape index (κ3) is 5.99. The minimum Gasteiger partial charge on any atom is -0.497 e. The standard InChI is InChI=1S/C23H32N2O4/c1-28-20-13-19(14-21(15-20)29-2)24-22(26)11-10-17-7-6-12-25(16-17)23(27)18-8-4-3-5-9-18/h8,13-15,17H,3-7,9-12,16H2,1-2H3,(H,24,26). The number of likely N-dealkylation sites (tertiary alicyclic amines) is 1. The minimum absolute atomic E-state index is 0.0289. The summed E-state index contributed by atoms with van der Waals surface area (Å²) in [6.45, 7) is 1.60. The molecule has 1 atom stereocenters. The van der Waals surface area contributed by atoms with Gasteiger partial charge in [-0.05, 0) is 50.9 Å². The van der Waals surface area contributed by atoms with Gasteiger partial charge in [0.1, 0.15) is 11.5 Å². The monoisotopic (exact) mass is 400 g/mol. The molecule has 2 aliphatic rings. The molecule has 0 saturated carbocycles. The normalized spacial score (nSPS) is 19.3. The molecule has 1 heterocycles. The molecule has 0 bridgehead atoms. The summed E-state index contributed by atoms with van der Waals surface area (Å²) in [5, 5.41) is 2.93. The number of methoxy groups -OCH3 is 2. The van der Waals surface area contributed by atoms with E-state index in [4.69, 9.17) is 9.47 Å². The molecule has 1 fully saturated rings. The second-order valence-corrected chi connectivity index (χ2v) is 7.92. The molecule has 1 aromatic rings. The van der Waals surface area contributed by atoms with Crippen LogP contribution < -0.4 is 14.8 Å². The number of anilines is 1. The van der Waals surface area contributed by atoms with Gasteiger partial charge in [0.2, 0.25) is 11.8 Å². The first-order chi connectivity index (χ1) is 14.1. The van der Waals surface area contributed by atoms with Crippen molar-refractivity contribution >= 4 is 17.5 Å². The fraction of sp³-hybridized carbons (Fsp3) is 0.565. The van der Waals surface area contributed by atoms with Gasteiger partial charge in [-0.3, -0.25) is 9.59 Å². The number of hydrogen-bond acceptors (Lipinski definition) is 4. The predicted molar refractivity (Wildman–Crippen MR) is 113 cm³/mol. The number of benzene rings is 1. The molecule has 0 spiro atoms. The molecule has 1 unspecified atom stereocenters. The first-order valence-electron chi connectivity index (χ1n) is 10.6. The molecule has 158 valence electrons. The number of rotatable bonds is 7. The largest absolute Gasteiger partial charge is 0.497 e. The van der Waals surface area contributed by atoms with Crippen molar-refractivity contribution in [3.63, 3.8) is 0 Å². The molecular weight excluding hydrogens is 368 g/mol. The van der Waals surface area contributed by atoms with Gasteiger partial charge in [0.25, 0.3) is 0 Å². The maximum Gasteiger partial charge on any atom is 0.249 e. The van der Waals surface area contributed by atoms with Crippen LogP contribution in [-0.4, -0.2) is 44.0 Å². The van der Waals surface area contributed by atoms with E-state index in [1.54, 1.807) is 32.4 Å². The molecular formula is C23H32N2O4. The Hall–Kier alpha value is -2.50. The predicted octanol–water partition coefficient (Wildman–Crippen LogP) is 4.16. The van der Waals surface area contributed by atoms with E-state index in [0.29, 0.717) is 29.5 Å². The topological polar surface area (TPSA) is 67.9 Å². The van der Waals surface area contributed by atoms with Gasteiger partial charge in [0.05, 0.1) is 14.2 Å². The Bertz CT molecular complexity index is 737. The van der Waals surface area contributed by atoms with E-state index in [2.05, 4.69) is 11.4 Å². The van der Waals surface area contributed by atoms with E-state index in [1.165, 1.54) is 6.42 Å². The van der Waals surface area contributed by atoms with Crippen LogP contribution >= 0.6 is 0 Å². The lowest BCUT2D eigenvalue weighted by molar-refractivity contribution is -0.129. The summed E-state index contributed by atoms with van der Waals surface area (Å²) in [5.74, 6) is 1.83. The van der Waals surface area contributed by atoms with Crippen LogP contribution in [-0.2, 0) is 9.59 Å². The number of carbonyl (C=O) groups excluding carboxylic acids is 2. The van der Waals surface area contributed by atoms with Gasteiger partial charge in [0, 0.05) is 49.0 Å². The van der Waals surface area contributed by atoms with Gasteiger partial charge >= 0.3 is 0 Å². The summed E-state index contributed by atoms with van der Waals surface area (Å²) in [6, 6.07) is 5.32. The van der Waals surface area contributed by atoms with Crippen LogP contribution in [0.2, 0.25) is 0 Å². The Kier molecular flexibility index (Phi) is 7.55. The SMILES string of the molecule is COc1cc(NC(=O)CCC2CCCN(C(=O)C3=CCCCC3)C2)cc(OC)c1. The van der Waals surface area contributed by atoms with E-state index >= 15 is 0 Å². The highest BCUT2D eigenvalue weighted by Crippen LogP contribution is 2.27. The molecule has 29 heavy (non-hydrogen) atoms. The van der Waals surface area contributed by atoms with Gasteiger partial charge in [-0.1, -0.05) is 6.08 Å². The minimum atomic E-state index is -0.0289. The van der Waals surface area contributed by atoms with Gasteiger partial charge in [-0.2, -0.15) is 0 Å². The molecule has 1 saturated heterocycles. The second-order valence-electron chi connectivity index (χ2n) is 7.92. The fourth-order valence-corrected chi connectivity index (χ4v) is 4.16. The number of nitrogens with one attached hydrogen (secondary N) is 1. The Labute approximate surface area is 173 Å². The number of nitrogens with zero attached hydrogens (tertiary/aromatic N) is 1. The van der Waals surface area contributed by atoms with Crippen molar-refractivity contribution in [1.82, 2.24) is 4.90 Å². The van der Waals surface area contributed by atoms with Crippen molar-refractivity contribution in [3.8, 4) is 11.5 Å². The molecule has 1 aliphatic carbocycles. The van der Waals surface area contributed by atoms with Crippen molar-refractivity contribution in [3.05, 3.63) is 29.8 Å².